The third-order valence-corrected chi connectivity index (χ3v) is 4.09. The minimum Gasteiger partial charge on any atom is -0.272 e. The van der Waals surface area contributed by atoms with Crippen LogP contribution in [-0.4, -0.2) is 30.9 Å². The highest BCUT2D eigenvalue weighted by atomic mass is 32.1. The van der Waals surface area contributed by atoms with Crippen molar-refractivity contribution in [2.45, 2.75) is 20.8 Å². The van der Waals surface area contributed by atoms with Crippen LogP contribution in [0.5, 0.6) is 0 Å². The van der Waals surface area contributed by atoms with E-state index in [2.05, 4.69) is 20.4 Å². The van der Waals surface area contributed by atoms with E-state index in [1.54, 1.807) is 10.9 Å². The first kappa shape index (κ1) is 15.4. The largest absolute Gasteiger partial charge is 0.272 e. The molecular formula is C16H18N6S. The number of nitrogens with one attached hydrogen (secondary N) is 1. The lowest BCUT2D eigenvalue weighted by Gasteiger charge is -2.01. The summed E-state index contributed by atoms with van der Waals surface area (Å²) in [5.41, 5.74) is 5.13. The first-order valence-electron chi connectivity index (χ1n) is 7.26. The molecule has 0 fully saturated rings. The van der Waals surface area contributed by atoms with Crippen molar-refractivity contribution in [2.75, 3.05) is 0 Å². The maximum absolute atomic E-state index is 5.30. The summed E-state index contributed by atoms with van der Waals surface area (Å²) in [5.74, 6) is 0.686. The minimum absolute atomic E-state index is 0.455. The van der Waals surface area contributed by atoms with Crippen molar-refractivity contribution in [3.05, 3.63) is 51.6 Å². The molecule has 0 saturated carbocycles. The number of nitrogens with zero attached hydrogens (tertiary/aromatic N) is 5. The molecule has 0 aliphatic carbocycles. The molecule has 0 unspecified atom stereocenters. The maximum atomic E-state index is 5.30. The lowest BCUT2D eigenvalue weighted by molar-refractivity contribution is 0.731. The molecule has 0 radical (unpaired) electrons. The Morgan fingerprint density at radius 3 is 2.48 bits per heavy atom. The lowest BCUT2D eigenvalue weighted by atomic mass is 10.1. The lowest BCUT2D eigenvalue weighted by Crippen LogP contribution is -1.97. The zero-order valence-corrected chi connectivity index (χ0v) is 14.3. The van der Waals surface area contributed by atoms with Gasteiger partial charge in [0.1, 0.15) is 0 Å². The van der Waals surface area contributed by atoms with Crippen LogP contribution in [0.1, 0.15) is 22.5 Å². The standard InChI is InChI=1S/C16H18N6S/c1-10-5-7-13(8-6-10)15-18-19-16(23)22(15)17-9-14-11(2)20-21(4)12(14)3/h5-9H,1-4H3,(H,19,23)/b17-9-. The van der Waals surface area contributed by atoms with E-state index in [4.69, 9.17) is 12.2 Å². The molecule has 0 amide bonds. The first-order chi connectivity index (χ1) is 11.0. The normalized spacial score (nSPS) is 11.5. The summed E-state index contributed by atoms with van der Waals surface area (Å²) in [6.45, 7) is 6.02. The highest BCUT2D eigenvalue weighted by molar-refractivity contribution is 7.71. The molecule has 6 nitrogen and oxygen atoms in total. The summed E-state index contributed by atoms with van der Waals surface area (Å²) in [6, 6.07) is 8.09. The zero-order valence-electron chi connectivity index (χ0n) is 13.5. The summed E-state index contributed by atoms with van der Waals surface area (Å²) in [5, 5.41) is 16.0. The second kappa shape index (κ2) is 5.92. The number of hydrogen-bond donors (Lipinski definition) is 1. The number of aromatic nitrogens is 5. The molecule has 3 aromatic rings. The van der Waals surface area contributed by atoms with Crippen LogP contribution in [0.3, 0.4) is 0 Å². The van der Waals surface area contributed by atoms with Gasteiger partial charge in [-0.1, -0.05) is 29.8 Å². The van der Waals surface area contributed by atoms with Crippen LogP contribution >= 0.6 is 12.2 Å². The van der Waals surface area contributed by atoms with Gasteiger partial charge in [-0.05, 0) is 33.0 Å². The number of hydrogen-bond acceptors (Lipinski definition) is 4. The third-order valence-electron chi connectivity index (χ3n) is 3.83. The fraction of sp³-hybridized carbons (Fsp3) is 0.250. The predicted molar refractivity (Wildman–Crippen MR) is 93.3 cm³/mol. The van der Waals surface area contributed by atoms with Crippen LogP contribution < -0.4 is 0 Å². The van der Waals surface area contributed by atoms with E-state index in [0.717, 1.165) is 22.5 Å². The van der Waals surface area contributed by atoms with E-state index in [-0.39, 0.29) is 0 Å². The Morgan fingerprint density at radius 1 is 1.17 bits per heavy atom. The number of aromatic amines is 1. The summed E-state index contributed by atoms with van der Waals surface area (Å²) < 4.78 is 3.92. The van der Waals surface area contributed by atoms with Crippen LogP contribution in [0.15, 0.2) is 29.4 Å². The van der Waals surface area contributed by atoms with E-state index in [0.29, 0.717) is 10.6 Å². The molecule has 0 bridgehead atoms. The molecule has 0 atom stereocenters. The van der Waals surface area contributed by atoms with E-state index < -0.39 is 0 Å². The highest BCUT2D eigenvalue weighted by Crippen LogP contribution is 2.18. The third kappa shape index (κ3) is 2.87. The van der Waals surface area contributed by atoms with Gasteiger partial charge >= 0.3 is 0 Å². The molecule has 0 aliphatic rings. The van der Waals surface area contributed by atoms with Crippen molar-refractivity contribution in [1.82, 2.24) is 24.7 Å². The van der Waals surface area contributed by atoms with Gasteiger partial charge in [0.2, 0.25) is 4.77 Å². The summed E-state index contributed by atoms with van der Waals surface area (Å²) in [7, 11) is 1.92. The molecule has 1 aromatic carbocycles. The average molecular weight is 326 g/mol. The predicted octanol–water partition coefficient (Wildman–Crippen LogP) is 3.15. The van der Waals surface area contributed by atoms with Crippen molar-refractivity contribution in [3.8, 4) is 11.4 Å². The Bertz CT molecular complexity index is 927. The van der Waals surface area contributed by atoms with Crippen molar-refractivity contribution in [1.29, 1.82) is 0 Å². The molecule has 2 heterocycles. The Labute approximate surface area is 139 Å². The van der Waals surface area contributed by atoms with Crippen molar-refractivity contribution < 1.29 is 0 Å². The summed E-state index contributed by atoms with van der Waals surface area (Å²) in [6.07, 6.45) is 1.78. The fourth-order valence-corrected chi connectivity index (χ4v) is 2.56. The molecule has 7 heteroatoms. The SMILES string of the molecule is Cc1ccc(-c2n[nH]c(=S)n2/N=C\c2c(C)nn(C)c2C)cc1. The van der Waals surface area contributed by atoms with Crippen LogP contribution in [0, 0.1) is 25.5 Å². The summed E-state index contributed by atoms with van der Waals surface area (Å²) >= 11 is 5.30. The highest BCUT2D eigenvalue weighted by Gasteiger charge is 2.10. The molecule has 0 saturated heterocycles. The second-order valence-corrected chi connectivity index (χ2v) is 5.87. The Balaban J connectivity index is 2.04. The van der Waals surface area contributed by atoms with Crippen LogP contribution in [0.4, 0.5) is 0 Å². The summed E-state index contributed by atoms with van der Waals surface area (Å²) in [4.78, 5) is 0. The average Bonchev–Trinajstić information content (AvgIpc) is 2.99. The van der Waals surface area contributed by atoms with Gasteiger partial charge in [-0.3, -0.25) is 4.68 Å². The van der Waals surface area contributed by atoms with Crippen molar-refractivity contribution in [2.24, 2.45) is 12.1 Å². The van der Waals surface area contributed by atoms with Crippen molar-refractivity contribution >= 4 is 18.4 Å². The monoisotopic (exact) mass is 326 g/mol. The van der Waals surface area contributed by atoms with Gasteiger partial charge in [-0.25, -0.2) is 5.10 Å². The quantitative estimate of drug-likeness (QED) is 0.594. The Morgan fingerprint density at radius 2 is 1.87 bits per heavy atom. The molecular weight excluding hydrogens is 308 g/mol. The number of benzene rings is 1. The van der Waals surface area contributed by atoms with Crippen LogP contribution in [0.2, 0.25) is 0 Å². The van der Waals surface area contributed by atoms with Crippen LogP contribution in [-0.2, 0) is 7.05 Å². The van der Waals surface area contributed by atoms with E-state index in [9.17, 15) is 0 Å². The first-order valence-corrected chi connectivity index (χ1v) is 7.67. The van der Waals surface area contributed by atoms with Gasteiger partial charge < -0.3 is 0 Å². The number of rotatable bonds is 3. The van der Waals surface area contributed by atoms with E-state index in [1.165, 1.54) is 5.56 Å². The molecule has 0 spiro atoms. The topological polar surface area (TPSA) is 63.8 Å². The number of aryl methyl sites for hydroxylation is 3. The minimum atomic E-state index is 0.455. The Kier molecular flexibility index (Phi) is 3.96. The molecule has 23 heavy (non-hydrogen) atoms. The van der Waals surface area contributed by atoms with Crippen molar-refractivity contribution in [3.63, 3.8) is 0 Å². The number of H-pyrrole nitrogens is 1. The fourth-order valence-electron chi connectivity index (χ4n) is 2.38. The molecule has 0 aliphatic heterocycles. The zero-order chi connectivity index (χ0) is 16.6. The van der Waals surface area contributed by atoms with E-state index in [1.807, 2.05) is 56.8 Å². The Hall–Kier alpha value is -2.54. The smallest absolute Gasteiger partial charge is 0.216 e. The van der Waals surface area contributed by atoms with Gasteiger partial charge in [0.05, 0.1) is 11.9 Å². The second-order valence-electron chi connectivity index (χ2n) is 5.48. The molecule has 3 rings (SSSR count). The van der Waals surface area contributed by atoms with Gasteiger partial charge in [0.15, 0.2) is 5.82 Å². The van der Waals surface area contributed by atoms with Gasteiger partial charge in [-0.15, -0.1) is 0 Å². The van der Waals surface area contributed by atoms with Crippen LogP contribution in [0.25, 0.3) is 11.4 Å². The molecule has 2 aromatic heterocycles. The molecule has 118 valence electrons. The maximum Gasteiger partial charge on any atom is 0.216 e. The van der Waals surface area contributed by atoms with Gasteiger partial charge in [0, 0.05) is 23.9 Å². The van der Waals surface area contributed by atoms with Gasteiger partial charge in [0.25, 0.3) is 0 Å². The van der Waals surface area contributed by atoms with Gasteiger partial charge in [-0.2, -0.15) is 20.0 Å². The molecule has 1 N–H and O–H groups in total. The van der Waals surface area contributed by atoms with E-state index >= 15 is 0 Å².